The molecule has 1 fully saturated rings. The average Bonchev–Trinajstić information content (AvgIpc) is 3.52. The highest BCUT2D eigenvalue weighted by molar-refractivity contribution is 7.99. The number of nitrogens with zero attached hydrogens (tertiary/aromatic N) is 9. The van der Waals surface area contributed by atoms with Gasteiger partial charge in [-0.2, -0.15) is 10.2 Å². The van der Waals surface area contributed by atoms with Gasteiger partial charge in [-0.3, -0.25) is 4.68 Å². The molecule has 1 aliphatic rings. The zero-order chi connectivity index (χ0) is 24.6. The van der Waals surface area contributed by atoms with E-state index in [9.17, 15) is 4.39 Å². The summed E-state index contributed by atoms with van der Waals surface area (Å²) >= 11 is 1.32. The molecule has 0 radical (unpaired) electrons. The largest absolute Gasteiger partial charge is 0.351 e. The smallest absolute Gasteiger partial charge is 0.225 e. The molecular formula is C25H24FN9S. The average molecular weight is 502 g/mol. The summed E-state index contributed by atoms with van der Waals surface area (Å²) < 4.78 is 17.6. The second-order valence-electron chi connectivity index (χ2n) is 8.78. The summed E-state index contributed by atoms with van der Waals surface area (Å²) in [5.41, 5.74) is 3.06. The number of halogens is 1. The van der Waals surface area contributed by atoms with Crippen molar-refractivity contribution < 1.29 is 4.39 Å². The molecule has 0 saturated carbocycles. The van der Waals surface area contributed by atoms with Gasteiger partial charge in [0, 0.05) is 78.4 Å². The maximum absolute atomic E-state index is 14.0. The molecule has 1 aromatic carbocycles. The predicted octanol–water partition coefficient (Wildman–Crippen LogP) is 3.93. The number of piperazine rings is 1. The van der Waals surface area contributed by atoms with Crippen LogP contribution < -0.4 is 9.80 Å². The summed E-state index contributed by atoms with van der Waals surface area (Å²) in [6.07, 6.45) is 11.0. The van der Waals surface area contributed by atoms with Crippen LogP contribution in [0.4, 0.5) is 16.2 Å². The first-order valence-corrected chi connectivity index (χ1v) is 12.5. The topological polar surface area (TPSA) is 80.3 Å². The highest BCUT2D eigenvalue weighted by atomic mass is 32.2. The van der Waals surface area contributed by atoms with E-state index in [-0.39, 0.29) is 11.9 Å². The Morgan fingerprint density at radius 3 is 2.56 bits per heavy atom. The summed E-state index contributed by atoms with van der Waals surface area (Å²) in [6.45, 7) is 4.47. The van der Waals surface area contributed by atoms with Crippen LogP contribution in [0.1, 0.15) is 6.92 Å². The highest BCUT2D eigenvalue weighted by Gasteiger charge is 2.28. The lowest BCUT2D eigenvalue weighted by Gasteiger charge is -2.40. The lowest BCUT2D eigenvalue weighted by molar-refractivity contribution is 0.536. The molecule has 0 aliphatic carbocycles. The minimum absolute atomic E-state index is 0.173. The summed E-state index contributed by atoms with van der Waals surface area (Å²) in [7, 11) is 1.91. The fraction of sp³-hybridized carbons (Fsp3) is 0.240. The van der Waals surface area contributed by atoms with Gasteiger partial charge in [-0.15, -0.1) is 0 Å². The predicted molar refractivity (Wildman–Crippen MR) is 137 cm³/mol. The molecule has 0 amide bonds. The van der Waals surface area contributed by atoms with Crippen LogP contribution in [0.2, 0.25) is 0 Å². The first-order valence-electron chi connectivity index (χ1n) is 11.6. The molecule has 11 heteroatoms. The summed E-state index contributed by atoms with van der Waals surface area (Å²) in [5.74, 6) is 1.34. The fourth-order valence-corrected chi connectivity index (χ4v) is 5.28. The lowest BCUT2D eigenvalue weighted by atomic mass is 10.2. The molecule has 1 atom stereocenters. The molecule has 4 aromatic heterocycles. The molecule has 1 saturated heterocycles. The van der Waals surface area contributed by atoms with Crippen LogP contribution in [0.25, 0.3) is 16.6 Å². The van der Waals surface area contributed by atoms with Gasteiger partial charge in [-0.25, -0.2) is 23.9 Å². The van der Waals surface area contributed by atoms with Gasteiger partial charge in [0.25, 0.3) is 0 Å². The fourth-order valence-electron chi connectivity index (χ4n) is 4.50. The quantitative estimate of drug-likeness (QED) is 0.359. The normalized spacial score (nSPS) is 16.1. The van der Waals surface area contributed by atoms with Crippen LogP contribution >= 0.6 is 11.8 Å². The Balaban J connectivity index is 1.18. The van der Waals surface area contributed by atoms with Crippen LogP contribution in [0.5, 0.6) is 0 Å². The van der Waals surface area contributed by atoms with Crippen molar-refractivity contribution in [3.63, 3.8) is 0 Å². The van der Waals surface area contributed by atoms with Crippen molar-refractivity contribution in [3.8, 4) is 11.1 Å². The van der Waals surface area contributed by atoms with Gasteiger partial charge < -0.3 is 9.80 Å². The lowest BCUT2D eigenvalue weighted by Crippen LogP contribution is -2.53. The molecule has 182 valence electrons. The van der Waals surface area contributed by atoms with Crippen LogP contribution in [0, 0.1) is 5.82 Å². The highest BCUT2D eigenvalue weighted by Crippen LogP contribution is 2.31. The van der Waals surface area contributed by atoms with Crippen LogP contribution in [0.15, 0.2) is 77.4 Å². The molecule has 5 aromatic rings. The second-order valence-corrected chi connectivity index (χ2v) is 9.90. The van der Waals surface area contributed by atoms with Crippen molar-refractivity contribution in [2.24, 2.45) is 7.05 Å². The minimum atomic E-state index is -0.245. The van der Waals surface area contributed by atoms with E-state index >= 15 is 0 Å². The summed E-state index contributed by atoms with van der Waals surface area (Å²) in [5, 5.41) is 8.69. The summed E-state index contributed by atoms with van der Waals surface area (Å²) in [4.78, 5) is 19.6. The first-order chi connectivity index (χ1) is 17.5. The second kappa shape index (κ2) is 9.23. The standard InChI is InChI=1S/C25H24FN9S/c1-17-13-33(24-22-9-18(15-35(22)31-16-29-24)19-10-30-32(2)14-19)7-8-34(17)25-27-11-20(12-28-25)36-23-6-4-3-5-21(23)26/h3-6,9-12,14-17H,7-8,13H2,1-2H3. The molecule has 0 bridgehead atoms. The number of hydrogen-bond acceptors (Lipinski definition) is 8. The number of benzene rings is 1. The molecule has 0 N–H and O–H groups in total. The van der Waals surface area contributed by atoms with Crippen molar-refractivity contribution in [2.75, 3.05) is 29.4 Å². The zero-order valence-corrected chi connectivity index (χ0v) is 20.7. The van der Waals surface area contributed by atoms with Crippen molar-refractivity contribution in [2.45, 2.75) is 22.8 Å². The third-order valence-corrected chi connectivity index (χ3v) is 7.28. The van der Waals surface area contributed by atoms with E-state index < -0.39 is 0 Å². The van der Waals surface area contributed by atoms with Gasteiger partial charge >= 0.3 is 0 Å². The molecule has 1 unspecified atom stereocenters. The first kappa shape index (κ1) is 22.5. The zero-order valence-electron chi connectivity index (χ0n) is 19.9. The molecule has 9 nitrogen and oxygen atoms in total. The van der Waals surface area contributed by atoms with Crippen molar-refractivity contribution >= 4 is 29.0 Å². The maximum atomic E-state index is 14.0. The summed E-state index contributed by atoms with van der Waals surface area (Å²) in [6, 6.07) is 9.00. The van der Waals surface area contributed by atoms with Gasteiger partial charge in [0.1, 0.15) is 17.7 Å². The number of anilines is 2. The van der Waals surface area contributed by atoms with Crippen LogP contribution in [-0.4, -0.2) is 60.0 Å². The van der Waals surface area contributed by atoms with Crippen molar-refractivity contribution in [1.29, 1.82) is 0 Å². The molecule has 1 aliphatic heterocycles. The molecule has 0 spiro atoms. The Morgan fingerprint density at radius 2 is 1.81 bits per heavy atom. The maximum Gasteiger partial charge on any atom is 0.225 e. The third kappa shape index (κ3) is 4.26. The number of aromatic nitrogens is 7. The SMILES string of the molecule is CC1CN(c2ncnn3cc(-c4cnn(C)c4)cc23)CCN1c1ncc(Sc2ccccc2F)cn1. The monoisotopic (exact) mass is 501 g/mol. The molecule has 5 heterocycles. The Labute approximate surface area is 211 Å². The third-order valence-electron chi connectivity index (χ3n) is 6.29. The van der Waals surface area contributed by atoms with Crippen molar-refractivity contribution in [3.05, 3.63) is 73.5 Å². The molecular weight excluding hydrogens is 477 g/mol. The van der Waals surface area contributed by atoms with Crippen LogP contribution in [0.3, 0.4) is 0 Å². The van der Waals surface area contributed by atoms with Gasteiger partial charge in [-0.05, 0) is 25.1 Å². The number of hydrogen-bond donors (Lipinski definition) is 0. The minimum Gasteiger partial charge on any atom is -0.351 e. The van der Waals surface area contributed by atoms with E-state index in [1.54, 1.807) is 35.5 Å². The van der Waals surface area contributed by atoms with E-state index in [0.29, 0.717) is 10.8 Å². The van der Waals surface area contributed by atoms with Crippen molar-refractivity contribution in [1.82, 2.24) is 34.3 Å². The van der Waals surface area contributed by atoms with E-state index in [1.165, 1.54) is 17.8 Å². The van der Waals surface area contributed by atoms with E-state index in [2.05, 4.69) is 47.9 Å². The number of aryl methyl sites for hydroxylation is 1. The Hall–Kier alpha value is -3.99. The Morgan fingerprint density at radius 1 is 0.972 bits per heavy atom. The van der Waals surface area contributed by atoms with Gasteiger partial charge in [0.15, 0.2) is 5.82 Å². The van der Waals surface area contributed by atoms with Crippen LogP contribution in [-0.2, 0) is 7.05 Å². The Kier molecular flexibility index (Phi) is 5.76. The van der Waals surface area contributed by atoms with Gasteiger partial charge in [0.2, 0.25) is 5.95 Å². The van der Waals surface area contributed by atoms with E-state index in [1.807, 2.05) is 36.2 Å². The Bertz CT molecular complexity index is 1510. The van der Waals surface area contributed by atoms with E-state index in [0.717, 1.165) is 47.0 Å². The van der Waals surface area contributed by atoms with Gasteiger partial charge in [0.05, 0.1) is 6.20 Å². The van der Waals surface area contributed by atoms with E-state index in [4.69, 9.17) is 0 Å². The molecule has 6 rings (SSSR count). The van der Waals surface area contributed by atoms with Gasteiger partial charge in [-0.1, -0.05) is 23.9 Å². The number of rotatable bonds is 5. The number of fused-ring (bicyclic) bond motifs is 1. The molecule has 36 heavy (non-hydrogen) atoms.